The number of hydrogen-bond donors (Lipinski definition) is 1. The maximum Gasteiger partial charge on any atom is 0.133 e. The smallest absolute Gasteiger partial charge is 0.133 e. The van der Waals surface area contributed by atoms with Crippen molar-refractivity contribution in [3.8, 4) is 5.75 Å². The summed E-state index contributed by atoms with van der Waals surface area (Å²) in [5, 5.41) is 9.03. The van der Waals surface area contributed by atoms with E-state index in [2.05, 4.69) is 15.9 Å². The molecule has 14 heavy (non-hydrogen) atoms. The molecule has 3 heteroatoms. The summed E-state index contributed by atoms with van der Waals surface area (Å²) in [5.41, 5.74) is 0.999. The Morgan fingerprint density at radius 1 is 1.50 bits per heavy atom. The van der Waals surface area contributed by atoms with Gasteiger partial charge in [0.05, 0.1) is 17.7 Å². The van der Waals surface area contributed by atoms with E-state index in [4.69, 9.17) is 9.84 Å². The van der Waals surface area contributed by atoms with Crippen molar-refractivity contribution in [2.75, 3.05) is 13.2 Å². The van der Waals surface area contributed by atoms with Crippen molar-refractivity contribution < 1.29 is 9.84 Å². The Labute approximate surface area is 93.0 Å². The van der Waals surface area contributed by atoms with Crippen LogP contribution < -0.4 is 4.74 Å². The number of halogens is 1. The number of aliphatic hydroxyl groups excluding tert-OH is 1. The van der Waals surface area contributed by atoms with Crippen LogP contribution in [0.3, 0.4) is 0 Å². The van der Waals surface area contributed by atoms with Gasteiger partial charge in [-0.1, -0.05) is 19.1 Å². The van der Waals surface area contributed by atoms with Crippen LogP contribution in [0.1, 0.15) is 19.4 Å². The fourth-order valence-electron chi connectivity index (χ4n) is 1.19. The molecule has 0 aliphatic rings. The van der Waals surface area contributed by atoms with Crippen LogP contribution in [0.25, 0.3) is 0 Å². The monoisotopic (exact) mass is 257 g/mol. The summed E-state index contributed by atoms with van der Waals surface area (Å²) < 4.78 is 6.34. The van der Waals surface area contributed by atoms with Gasteiger partial charge in [-0.3, -0.25) is 0 Å². The molecule has 0 heterocycles. The maximum atomic E-state index is 9.03. The lowest BCUT2D eigenvalue weighted by molar-refractivity contribution is 0.313. The zero-order valence-corrected chi connectivity index (χ0v) is 9.97. The fraction of sp³-hybridized carbons (Fsp3) is 0.364. The lowest BCUT2D eigenvalue weighted by Gasteiger charge is -2.13. The summed E-state index contributed by atoms with van der Waals surface area (Å²) in [5.74, 6) is 1.75. The summed E-state index contributed by atoms with van der Waals surface area (Å²) in [6, 6.07) is 5.78. The van der Waals surface area contributed by atoms with Gasteiger partial charge >= 0.3 is 0 Å². The van der Waals surface area contributed by atoms with Gasteiger partial charge in [0.1, 0.15) is 5.75 Å². The van der Waals surface area contributed by atoms with Gasteiger partial charge in [-0.25, -0.2) is 0 Å². The molecule has 1 aromatic carbocycles. The minimum absolute atomic E-state index is 0.0637. The van der Waals surface area contributed by atoms with E-state index < -0.39 is 0 Å². The Hall–Kier alpha value is -0.540. The number of ether oxygens (including phenoxy) is 1. The van der Waals surface area contributed by atoms with Gasteiger partial charge < -0.3 is 9.84 Å². The Kier molecular flexibility index (Phi) is 4.42. The van der Waals surface area contributed by atoms with Crippen LogP contribution in [0, 0.1) is 5.92 Å². The van der Waals surface area contributed by atoms with Crippen molar-refractivity contribution in [1.82, 2.24) is 0 Å². The van der Waals surface area contributed by atoms with Gasteiger partial charge in [0, 0.05) is 5.92 Å². The van der Waals surface area contributed by atoms with Crippen molar-refractivity contribution in [2.24, 2.45) is 0 Å². The third-order valence-electron chi connectivity index (χ3n) is 1.96. The first-order chi connectivity index (χ1) is 6.70. The Morgan fingerprint density at radius 3 is 2.79 bits per heavy atom. The molecule has 2 nitrogen and oxygen atoms in total. The molecule has 0 bridgehead atoms. The molecule has 0 aliphatic heterocycles. The van der Waals surface area contributed by atoms with Crippen molar-refractivity contribution in [3.63, 3.8) is 0 Å². The Bertz CT molecular complexity index is 299. The van der Waals surface area contributed by atoms with Gasteiger partial charge in [0.2, 0.25) is 0 Å². The Balaban J connectivity index is 3.00. The quantitative estimate of drug-likeness (QED) is 0.899. The van der Waals surface area contributed by atoms with Crippen LogP contribution in [0.4, 0.5) is 0 Å². The molecule has 0 aliphatic carbocycles. The molecule has 0 spiro atoms. The summed E-state index contributed by atoms with van der Waals surface area (Å²) >= 11 is 3.47. The second-order valence-corrected chi connectivity index (χ2v) is 3.78. The summed E-state index contributed by atoms with van der Waals surface area (Å²) in [6.45, 7) is 4.55. The third kappa shape index (κ3) is 2.49. The van der Waals surface area contributed by atoms with E-state index >= 15 is 0 Å². The zero-order chi connectivity index (χ0) is 10.6. The van der Waals surface area contributed by atoms with E-state index in [-0.39, 0.29) is 6.61 Å². The molecule has 1 N–H and O–H groups in total. The van der Waals surface area contributed by atoms with E-state index in [1.807, 2.05) is 32.0 Å². The van der Waals surface area contributed by atoms with E-state index in [1.54, 1.807) is 0 Å². The maximum absolute atomic E-state index is 9.03. The molecule has 0 amide bonds. The molecule has 0 aromatic heterocycles. The second-order valence-electron chi connectivity index (χ2n) is 2.99. The van der Waals surface area contributed by atoms with Crippen LogP contribution in [-0.2, 0) is 0 Å². The van der Waals surface area contributed by atoms with E-state index in [0.29, 0.717) is 6.61 Å². The highest BCUT2D eigenvalue weighted by atomic mass is 79.9. The fourth-order valence-corrected chi connectivity index (χ4v) is 1.91. The molecular formula is C11H14BrO2. The molecule has 0 saturated heterocycles. The van der Waals surface area contributed by atoms with E-state index in [9.17, 15) is 0 Å². The minimum Gasteiger partial charge on any atom is -0.493 e. The number of rotatable bonds is 4. The summed E-state index contributed by atoms with van der Waals surface area (Å²) in [4.78, 5) is 0. The summed E-state index contributed by atoms with van der Waals surface area (Å²) in [7, 11) is 0. The number of benzene rings is 1. The highest BCUT2D eigenvalue weighted by Gasteiger charge is 2.12. The molecule has 0 fully saturated rings. The number of aliphatic hydroxyl groups is 1. The van der Waals surface area contributed by atoms with Crippen LogP contribution in [-0.4, -0.2) is 18.3 Å². The second kappa shape index (κ2) is 5.37. The van der Waals surface area contributed by atoms with E-state index in [1.165, 1.54) is 0 Å². The van der Waals surface area contributed by atoms with Gasteiger partial charge in [0.25, 0.3) is 0 Å². The summed E-state index contributed by atoms with van der Waals surface area (Å²) in [6.07, 6.45) is 0. The van der Waals surface area contributed by atoms with Gasteiger partial charge in [-0.2, -0.15) is 0 Å². The van der Waals surface area contributed by atoms with Crippen molar-refractivity contribution in [2.45, 2.75) is 13.8 Å². The molecule has 0 unspecified atom stereocenters. The molecule has 77 valence electrons. The first-order valence-corrected chi connectivity index (χ1v) is 5.35. The molecule has 1 rings (SSSR count). The van der Waals surface area contributed by atoms with Crippen LogP contribution in [0.2, 0.25) is 0 Å². The van der Waals surface area contributed by atoms with Crippen LogP contribution >= 0.6 is 15.9 Å². The predicted molar refractivity (Wildman–Crippen MR) is 60.4 cm³/mol. The molecule has 0 saturated carbocycles. The number of hydrogen-bond acceptors (Lipinski definition) is 2. The lowest BCUT2D eigenvalue weighted by atomic mass is 10.0. The predicted octanol–water partition coefficient (Wildman–Crippen LogP) is 2.78. The third-order valence-corrected chi connectivity index (χ3v) is 2.78. The van der Waals surface area contributed by atoms with Crippen molar-refractivity contribution in [1.29, 1.82) is 0 Å². The first kappa shape index (κ1) is 11.5. The highest BCUT2D eigenvalue weighted by Crippen LogP contribution is 2.32. The first-order valence-electron chi connectivity index (χ1n) is 4.55. The molecule has 1 radical (unpaired) electrons. The minimum atomic E-state index is 0.0637. The van der Waals surface area contributed by atoms with Crippen molar-refractivity contribution in [3.05, 3.63) is 34.2 Å². The SMILES string of the molecule is CCOc1cccc([C](C)CO)c1Br. The topological polar surface area (TPSA) is 29.5 Å². The largest absolute Gasteiger partial charge is 0.493 e. The van der Waals surface area contributed by atoms with Gasteiger partial charge in [0.15, 0.2) is 0 Å². The lowest BCUT2D eigenvalue weighted by Crippen LogP contribution is -2.02. The molecule has 0 atom stereocenters. The normalized spacial score (nSPS) is 10.6. The molecule has 1 aromatic rings. The van der Waals surface area contributed by atoms with Gasteiger partial charge in [-0.05, 0) is 34.5 Å². The van der Waals surface area contributed by atoms with E-state index in [0.717, 1.165) is 21.7 Å². The Morgan fingerprint density at radius 2 is 2.21 bits per heavy atom. The average Bonchev–Trinajstić information content (AvgIpc) is 2.20. The van der Waals surface area contributed by atoms with Crippen LogP contribution in [0.5, 0.6) is 5.75 Å². The van der Waals surface area contributed by atoms with Gasteiger partial charge in [-0.15, -0.1) is 0 Å². The standard InChI is InChI=1S/C11H14BrO2/c1-3-14-10-6-4-5-9(11(10)12)8(2)7-13/h4-6,13H,3,7H2,1-2H3. The average molecular weight is 258 g/mol. The highest BCUT2D eigenvalue weighted by molar-refractivity contribution is 9.10. The van der Waals surface area contributed by atoms with Crippen molar-refractivity contribution >= 4 is 15.9 Å². The zero-order valence-electron chi connectivity index (χ0n) is 8.38. The molecular weight excluding hydrogens is 244 g/mol. The van der Waals surface area contributed by atoms with Crippen LogP contribution in [0.15, 0.2) is 22.7 Å².